The molecule has 0 saturated heterocycles. The lowest BCUT2D eigenvalue weighted by atomic mass is 10.4. The van der Waals surface area contributed by atoms with E-state index in [-0.39, 0.29) is 5.69 Å². The third-order valence-corrected chi connectivity index (χ3v) is 3.58. The summed E-state index contributed by atoms with van der Waals surface area (Å²) in [5.41, 5.74) is 0.742. The molecule has 0 spiro atoms. The third kappa shape index (κ3) is 2.14. The van der Waals surface area contributed by atoms with Gasteiger partial charge in [0.15, 0.2) is 5.16 Å². The van der Waals surface area contributed by atoms with Crippen LogP contribution in [0.2, 0.25) is 0 Å². The maximum Gasteiger partial charge on any atom is 0.344 e. The highest BCUT2D eigenvalue weighted by Crippen LogP contribution is 2.36. The van der Waals surface area contributed by atoms with Gasteiger partial charge in [-0.05, 0) is 19.8 Å². The molecule has 1 aliphatic carbocycles. The van der Waals surface area contributed by atoms with Crippen LogP contribution in [-0.4, -0.2) is 19.9 Å². The summed E-state index contributed by atoms with van der Waals surface area (Å²) in [4.78, 5) is 11.5. The Balaban J connectivity index is 1.75. The minimum atomic E-state index is -0.122. The number of nitrogens with zero attached hydrogens (tertiary/aromatic N) is 3. The molecule has 1 fully saturated rings. The first kappa shape index (κ1) is 10.6. The summed E-state index contributed by atoms with van der Waals surface area (Å²) in [5.74, 6) is 1.43. The normalized spacial score (nSPS) is 15.4. The Hall–Kier alpha value is -1.50. The molecular formula is C10H12N4O2S. The molecule has 0 amide bonds. The number of aromatic nitrogens is 4. The van der Waals surface area contributed by atoms with Gasteiger partial charge >= 0.3 is 5.69 Å². The van der Waals surface area contributed by atoms with Gasteiger partial charge in [0.2, 0.25) is 0 Å². The van der Waals surface area contributed by atoms with E-state index in [1.807, 2.05) is 13.0 Å². The average Bonchev–Trinajstić information content (AvgIpc) is 2.95. The molecular weight excluding hydrogens is 240 g/mol. The summed E-state index contributed by atoms with van der Waals surface area (Å²) in [5, 5.41) is 11.1. The molecule has 0 aromatic carbocycles. The minimum absolute atomic E-state index is 0.122. The van der Waals surface area contributed by atoms with Crippen molar-refractivity contribution in [3.63, 3.8) is 0 Å². The van der Waals surface area contributed by atoms with Gasteiger partial charge in [-0.1, -0.05) is 16.9 Å². The van der Waals surface area contributed by atoms with Crippen LogP contribution in [0.5, 0.6) is 0 Å². The zero-order valence-electron chi connectivity index (χ0n) is 9.34. The number of hydrogen-bond acceptors (Lipinski definition) is 5. The van der Waals surface area contributed by atoms with E-state index >= 15 is 0 Å². The van der Waals surface area contributed by atoms with E-state index in [9.17, 15) is 4.79 Å². The summed E-state index contributed by atoms with van der Waals surface area (Å²) >= 11 is 1.49. The predicted molar refractivity (Wildman–Crippen MR) is 61.9 cm³/mol. The Morgan fingerprint density at radius 2 is 2.47 bits per heavy atom. The van der Waals surface area contributed by atoms with Crippen LogP contribution < -0.4 is 5.69 Å². The van der Waals surface area contributed by atoms with Gasteiger partial charge in [-0.2, -0.15) is 0 Å². The molecule has 2 heterocycles. The van der Waals surface area contributed by atoms with Gasteiger partial charge < -0.3 is 4.52 Å². The van der Waals surface area contributed by atoms with E-state index in [1.165, 1.54) is 11.8 Å². The Morgan fingerprint density at radius 1 is 1.65 bits per heavy atom. The number of rotatable bonds is 4. The van der Waals surface area contributed by atoms with Gasteiger partial charge in [-0.15, -0.1) is 5.10 Å². The van der Waals surface area contributed by atoms with Crippen LogP contribution in [0.25, 0.3) is 0 Å². The molecule has 0 aliphatic heterocycles. The fraction of sp³-hybridized carbons (Fsp3) is 0.500. The van der Waals surface area contributed by atoms with Crippen molar-refractivity contribution in [2.75, 3.05) is 0 Å². The van der Waals surface area contributed by atoms with E-state index in [0.29, 0.717) is 11.8 Å². The first-order chi connectivity index (χ1) is 8.24. The average molecular weight is 252 g/mol. The highest BCUT2D eigenvalue weighted by atomic mass is 32.2. The molecule has 0 unspecified atom stereocenters. The summed E-state index contributed by atoms with van der Waals surface area (Å²) in [6.45, 7) is 1.88. The lowest BCUT2D eigenvalue weighted by molar-refractivity contribution is 0.391. The number of aromatic amines is 1. The van der Waals surface area contributed by atoms with Crippen molar-refractivity contribution >= 4 is 11.8 Å². The lowest BCUT2D eigenvalue weighted by Gasteiger charge is -2.00. The minimum Gasteiger partial charge on any atom is -0.360 e. The van der Waals surface area contributed by atoms with Gasteiger partial charge in [-0.3, -0.25) is 4.57 Å². The molecule has 3 rings (SSSR count). The van der Waals surface area contributed by atoms with Crippen LogP contribution in [0, 0.1) is 6.92 Å². The second-order valence-corrected chi connectivity index (χ2v) is 5.08. The maximum atomic E-state index is 11.5. The van der Waals surface area contributed by atoms with Crippen molar-refractivity contribution in [1.82, 2.24) is 19.9 Å². The van der Waals surface area contributed by atoms with E-state index in [4.69, 9.17) is 4.52 Å². The second-order valence-electron chi connectivity index (χ2n) is 4.14. The van der Waals surface area contributed by atoms with E-state index in [2.05, 4.69) is 15.4 Å². The zero-order chi connectivity index (χ0) is 11.8. The van der Waals surface area contributed by atoms with Crippen molar-refractivity contribution in [3.8, 4) is 0 Å². The van der Waals surface area contributed by atoms with E-state index in [0.717, 1.165) is 29.5 Å². The molecule has 2 aromatic heterocycles. The van der Waals surface area contributed by atoms with E-state index in [1.54, 1.807) is 4.57 Å². The molecule has 0 atom stereocenters. The fourth-order valence-electron chi connectivity index (χ4n) is 1.67. The van der Waals surface area contributed by atoms with Crippen LogP contribution >= 0.6 is 11.8 Å². The van der Waals surface area contributed by atoms with Crippen LogP contribution in [0.4, 0.5) is 0 Å². The number of thioether (sulfide) groups is 1. The molecule has 90 valence electrons. The predicted octanol–water partition coefficient (Wildman–Crippen LogP) is 1.50. The molecule has 1 N–H and O–H groups in total. The molecule has 2 aromatic rings. The standard InChI is InChI=1S/C10H12N4O2S/c1-6-4-8(16-13-6)5-17-10-12-11-9(15)14(10)7-2-3-7/h4,7H,2-3,5H2,1H3,(H,11,15). The monoisotopic (exact) mass is 252 g/mol. The van der Waals surface area contributed by atoms with Crippen molar-refractivity contribution in [2.45, 2.75) is 36.7 Å². The number of hydrogen-bond donors (Lipinski definition) is 1. The summed E-state index contributed by atoms with van der Waals surface area (Å²) in [7, 11) is 0. The Morgan fingerprint density at radius 3 is 3.12 bits per heavy atom. The Bertz CT molecular complexity index is 581. The van der Waals surface area contributed by atoms with Gasteiger partial charge in [0.1, 0.15) is 5.76 Å². The van der Waals surface area contributed by atoms with Gasteiger partial charge in [0, 0.05) is 12.1 Å². The lowest BCUT2D eigenvalue weighted by Crippen LogP contribution is -2.16. The molecule has 17 heavy (non-hydrogen) atoms. The van der Waals surface area contributed by atoms with Crippen LogP contribution in [0.1, 0.15) is 30.3 Å². The Labute approximate surface area is 101 Å². The van der Waals surface area contributed by atoms with Crippen molar-refractivity contribution in [3.05, 3.63) is 28.0 Å². The van der Waals surface area contributed by atoms with Crippen molar-refractivity contribution < 1.29 is 4.52 Å². The molecule has 1 saturated carbocycles. The summed E-state index contributed by atoms with van der Waals surface area (Å²) in [6, 6.07) is 2.22. The third-order valence-electron chi connectivity index (χ3n) is 2.60. The SMILES string of the molecule is Cc1cc(CSc2n[nH]c(=O)n2C2CC2)on1. The van der Waals surface area contributed by atoms with Gasteiger partial charge in [0.05, 0.1) is 11.4 Å². The number of H-pyrrole nitrogens is 1. The highest BCUT2D eigenvalue weighted by Gasteiger charge is 2.28. The van der Waals surface area contributed by atoms with Crippen molar-refractivity contribution in [2.24, 2.45) is 0 Å². The van der Waals surface area contributed by atoms with Crippen molar-refractivity contribution in [1.29, 1.82) is 0 Å². The highest BCUT2D eigenvalue weighted by molar-refractivity contribution is 7.98. The zero-order valence-corrected chi connectivity index (χ0v) is 10.2. The molecule has 0 bridgehead atoms. The maximum absolute atomic E-state index is 11.5. The van der Waals surface area contributed by atoms with Crippen LogP contribution in [-0.2, 0) is 5.75 Å². The smallest absolute Gasteiger partial charge is 0.344 e. The largest absolute Gasteiger partial charge is 0.360 e. The summed E-state index contributed by atoms with van der Waals surface area (Å²) < 4.78 is 6.84. The number of aryl methyl sites for hydroxylation is 1. The van der Waals surface area contributed by atoms with Gasteiger partial charge in [0.25, 0.3) is 0 Å². The Kier molecular flexibility index (Phi) is 2.54. The molecule has 6 nitrogen and oxygen atoms in total. The second kappa shape index (κ2) is 4.06. The topological polar surface area (TPSA) is 76.7 Å². The summed E-state index contributed by atoms with van der Waals surface area (Å²) in [6.07, 6.45) is 2.13. The van der Waals surface area contributed by atoms with Gasteiger partial charge in [-0.25, -0.2) is 9.89 Å². The first-order valence-electron chi connectivity index (χ1n) is 5.46. The van der Waals surface area contributed by atoms with E-state index < -0.39 is 0 Å². The fourth-order valence-corrected chi connectivity index (χ4v) is 2.56. The molecule has 1 aliphatic rings. The molecule has 7 heteroatoms. The number of nitrogens with one attached hydrogen (secondary N) is 1. The van der Waals surface area contributed by atoms with Crippen LogP contribution in [0.3, 0.4) is 0 Å². The molecule has 0 radical (unpaired) electrons. The quantitative estimate of drug-likeness (QED) is 0.834. The van der Waals surface area contributed by atoms with Crippen LogP contribution in [0.15, 0.2) is 20.5 Å². The first-order valence-corrected chi connectivity index (χ1v) is 6.44.